The summed E-state index contributed by atoms with van der Waals surface area (Å²) in [7, 11) is 1.77. The number of rotatable bonds is 3. The Kier molecular flexibility index (Phi) is 4.70. The Balaban J connectivity index is 2.21. The largest absolute Gasteiger partial charge is 0.338 e. The molecule has 20 heavy (non-hydrogen) atoms. The van der Waals surface area contributed by atoms with Crippen molar-refractivity contribution >= 4 is 17.5 Å². The third-order valence-electron chi connectivity index (χ3n) is 4.00. The number of nitrogens with zero attached hydrogens (tertiary/aromatic N) is 3. The molecule has 1 aromatic heterocycles. The molecule has 1 aliphatic heterocycles. The van der Waals surface area contributed by atoms with Crippen LogP contribution in [-0.4, -0.2) is 40.2 Å². The van der Waals surface area contributed by atoms with Gasteiger partial charge in [0.2, 0.25) is 0 Å². The maximum Gasteiger partial charge on any atom is 0.258 e. The van der Waals surface area contributed by atoms with Gasteiger partial charge in [-0.05, 0) is 31.2 Å². The first-order valence-electron chi connectivity index (χ1n) is 7.17. The molecule has 0 atom stereocenters. The summed E-state index contributed by atoms with van der Waals surface area (Å²) in [6.07, 6.45) is 1.94. The van der Waals surface area contributed by atoms with E-state index in [0.29, 0.717) is 23.2 Å². The molecule has 0 aliphatic carbocycles. The number of likely N-dealkylation sites (tertiary alicyclic amines) is 1. The highest BCUT2D eigenvalue weighted by Crippen LogP contribution is 2.28. The first-order valence-corrected chi connectivity index (χ1v) is 7.55. The van der Waals surface area contributed by atoms with Gasteiger partial charge in [-0.25, -0.2) is 0 Å². The number of halogens is 1. The van der Waals surface area contributed by atoms with Crippen molar-refractivity contribution in [1.29, 1.82) is 0 Å². The third kappa shape index (κ3) is 2.83. The maximum atomic E-state index is 12.7. The first kappa shape index (κ1) is 15.3. The Hall–Kier alpha value is -1.07. The lowest BCUT2D eigenvalue weighted by Gasteiger charge is -2.31. The molecule has 1 amide bonds. The van der Waals surface area contributed by atoms with Crippen LogP contribution < -0.4 is 5.73 Å². The summed E-state index contributed by atoms with van der Waals surface area (Å²) in [6, 6.07) is 0. The average Bonchev–Trinajstić information content (AvgIpc) is 2.74. The van der Waals surface area contributed by atoms with E-state index in [1.807, 2.05) is 18.7 Å². The minimum atomic E-state index is 0.00210. The lowest BCUT2D eigenvalue weighted by molar-refractivity contribution is 0.0692. The van der Waals surface area contributed by atoms with Crippen molar-refractivity contribution in [1.82, 2.24) is 14.7 Å². The maximum absolute atomic E-state index is 12.7. The van der Waals surface area contributed by atoms with Gasteiger partial charge in [-0.1, -0.05) is 25.4 Å². The molecule has 1 fully saturated rings. The van der Waals surface area contributed by atoms with Crippen LogP contribution in [0.2, 0.25) is 5.15 Å². The van der Waals surface area contributed by atoms with Crippen molar-refractivity contribution in [3.8, 4) is 0 Å². The lowest BCUT2D eigenvalue weighted by Crippen LogP contribution is -2.40. The zero-order valence-electron chi connectivity index (χ0n) is 12.4. The average molecular weight is 299 g/mol. The molecule has 2 rings (SSSR count). The fraction of sp³-hybridized carbons (Fsp3) is 0.714. The zero-order chi connectivity index (χ0) is 14.9. The molecule has 2 N–H and O–H groups in total. The molecular formula is C14H23ClN4O. The summed E-state index contributed by atoms with van der Waals surface area (Å²) in [5.41, 5.74) is 7.04. The SMILES string of the molecule is CC(C)c1nn(C)c(Cl)c1C(=O)N1CCC(CN)CC1. The number of nitrogens with two attached hydrogens (primary N) is 1. The number of aromatic nitrogens is 2. The van der Waals surface area contributed by atoms with E-state index in [4.69, 9.17) is 17.3 Å². The summed E-state index contributed by atoms with van der Waals surface area (Å²) in [5.74, 6) is 0.712. The van der Waals surface area contributed by atoms with Gasteiger partial charge in [0, 0.05) is 20.1 Å². The zero-order valence-corrected chi connectivity index (χ0v) is 13.2. The normalized spacial score (nSPS) is 17.0. The van der Waals surface area contributed by atoms with Crippen LogP contribution in [0.1, 0.15) is 48.7 Å². The number of hydrogen-bond donors (Lipinski definition) is 1. The number of aryl methyl sites for hydroxylation is 1. The second-order valence-corrected chi connectivity index (χ2v) is 6.16. The molecule has 1 aliphatic rings. The molecule has 1 saturated heterocycles. The van der Waals surface area contributed by atoms with Crippen LogP contribution in [0.4, 0.5) is 0 Å². The molecule has 0 bridgehead atoms. The number of hydrogen-bond acceptors (Lipinski definition) is 3. The number of carbonyl (C=O) groups is 1. The Morgan fingerprint density at radius 3 is 2.55 bits per heavy atom. The highest BCUT2D eigenvalue weighted by molar-refractivity contribution is 6.33. The Bertz CT molecular complexity index is 490. The predicted octanol–water partition coefficient (Wildman–Crippen LogP) is 2.01. The van der Waals surface area contributed by atoms with Crippen LogP contribution in [0.25, 0.3) is 0 Å². The monoisotopic (exact) mass is 298 g/mol. The molecule has 5 nitrogen and oxygen atoms in total. The summed E-state index contributed by atoms with van der Waals surface area (Å²) >= 11 is 6.26. The Morgan fingerprint density at radius 2 is 2.05 bits per heavy atom. The van der Waals surface area contributed by atoms with Crippen molar-refractivity contribution in [3.63, 3.8) is 0 Å². The van der Waals surface area contributed by atoms with Crippen LogP contribution in [0.3, 0.4) is 0 Å². The van der Waals surface area contributed by atoms with E-state index >= 15 is 0 Å². The molecule has 112 valence electrons. The third-order valence-corrected chi connectivity index (χ3v) is 4.43. The molecular weight excluding hydrogens is 276 g/mol. The van der Waals surface area contributed by atoms with Gasteiger partial charge < -0.3 is 10.6 Å². The van der Waals surface area contributed by atoms with Crippen LogP contribution in [-0.2, 0) is 7.05 Å². The van der Waals surface area contributed by atoms with E-state index in [9.17, 15) is 4.79 Å². The standard InChI is InChI=1S/C14H23ClN4O/c1-9(2)12-11(13(15)18(3)17-12)14(20)19-6-4-10(8-16)5-7-19/h9-10H,4-8,16H2,1-3H3. The van der Waals surface area contributed by atoms with Crippen LogP contribution in [0.15, 0.2) is 0 Å². The van der Waals surface area contributed by atoms with E-state index in [1.165, 1.54) is 0 Å². The van der Waals surface area contributed by atoms with Gasteiger partial charge in [-0.2, -0.15) is 5.10 Å². The summed E-state index contributed by atoms with van der Waals surface area (Å²) in [6.45, 7) is 6.26. The van der Waals surface area contributed by atoms with E-state index in [2.05, 4.69) is 5.10 Å². The smallest absolute Gasteiger partial charge is 0.258 e. The molecule has 0 aromatic carbocycles. The van der Waals surface area contributed by atoms with E-state index < -0.39 is 0 Å². The number of piperidine rings is 1. The minimum Gasteiger partial charge on any atom is -0.338 e. The van der Waals surface area contributed by atoms with Crippen molar-refractivity contribution in [3.05, 3.63) is 16.4 Å². The quantitative estimate of drug-likeness (QED) is 0.928. The molecule has 2 heterocycles. The second-order valence-electron chi connectivity index (χ2n) is 5.80. The van der Waals surface area contributed by atoms with Crippen molar-refractivity contribution in [2.75, 3.05) is 19.6 Å². The molecule has 0 saturated carbocycles. The highest BCUT2D eigenvalue weighted by atomic mass is 35.5. The van der Waals surface area contributed by atoms with Gasteiger partial charge in [0.05, 0.1) is 11.3 Å². The molecule has 6 heteroatoms. The number of amides is 1. The van der Waals surface area contributed by atoms with Crippen molar-refractivity contribution < 1.29 is 4.79 Å². The van der Waals surface area contributed by atoms with Gasteiger partial charge >= 0.3 is 0 Å². The minimum absolute atomic E-state index is 0.00210. The van der Waals surface area contributed by atoms with Crippen molar-refractivity contribution in [2.45, 2.75) is 32.6 Å². The molecule has 0 unspecified atom stereocenters. The van der Waals surface area contributed by atoms with Gasteiger partial charge in [0.25, 0.3) is 5.91 Å². The van der Waals surface area contributed by atoms with Crippen molar-refractivity contribution in [2.24, 2.45) is 18.7 Å². The highest BCUT2D eigenvalue weighted by Gasteiger charge is 2.29. The summed E-state index contributed by atoms with van der Waals surface area (Å²) in [4.78, 5) is 14.6. The van der Waals surface area contributed by atoms with E-state index in [0.717, 1.165) is 31.6 Å². The molecule has 0 spiro atoms. The predicted molar refractivity (Wildman–Crippen MR) is 80.0 cm³/mol. The second kappa shape index (κ2) is 6.14. The summed E-state index contributed by atoms with van der Waals surface area (Å²) < 4.78 is 1.58. The number of carbonyl (C=O) groups excluding carboxylic acids is 1. The Labute approximate surface area is 125 Å². The van der Waals surface area contributed by atoms with Gasteiger partial charge in [-0.3, -0.25) is 9.48 Å². The topological polar surface area (TPSA) is 64.2 Å². The first-order chi connectivity index (χ1) is 9.45. The van der Waals surface area contributed by atoms with Gasteiger partial charge in [0.1, 0.15) is 5.15 Å². The van der Waals surface area contributed by atoms with E-state index in [-0.39, 0.29) is 11.8 Å². The lowest BCUT2D eigenvalue weighted by atomic mass is 9.96. The van der Waals surface area contributed by atoms with E-state index in [1.54, 1.807) is 11.7 Å². The van der Waals surface area contributed by atoms with Gasteiger partial charge in [0.15, 0.2) is 0 Å². The van der Waals surface area contributed by atoms with Gasteiger partial charge in [-0.15, -0.1) is 0 Å². The fourth-order valence-corrected chi connectivity index (χ4v) is 2.87. The van der Waals surface area contributed by atoms with Crippen LogP contribution in [0.5, 0.6) is 0 Å². The molecule has 0 radical (unpaired) electrons. The molecule has 1 aromatic rings. The van der Waals surface area contributed by atoms with Crippen LogP contribution in [0, 0.1) is 5.92 Å². The van der Waals surface area contributed by atoms with Crippen LogP contribution >= 0.6 is 11.6 Å². The fourth-order valence-electron chi connectivity index (χ4n) is 2.65. The Morgan fingerprint density at radius 1 is 1.45 bits per heavy atom. The summed E-state index contributed by atoms with van der Waals surface area (Å²) in [5, 5.41) is 4.80.